The molecule has 0 aliphatic carbocycles. The van der Waals surface area contributed by atoms with Crippen LogP contribution in [0.3, 0.4) is 0 Å². The van der Waals surface area contributed by atoms with Crippen molar-refractivity contribution in [3.05, 3.63) is 10.4 Å². The van der Waals surface area contributed by atoms with Crippen molar-refractivity contribution < 1.29 is 9.53 Å². The first-order valence-electron chi connectivity index (χ1n) is 7.34. The van der Waals surface area contributed by atoms with E-state index in [-0.39, 0.29) is 5.97 Å². The van der Waals surface area contributed by atoms with Gasteiger partial charge in [-0.3, -0.25) is 4.79 Å². The molecular weight excluding hydrogens is 258 g/mol. The molecule has 1 N–H and O–H groups in total. The van der Waals surface area contributed by atoms with E-state index in [1.165, 1.54) is 0 Å². The molecule has 1 unspecified atom stereocenters. The zero-order chi connectivity index (χ0) is 14.8. The Kier molecular flexibility index (Phi) is 7.36. The van der Waals surface area contributed by atoms with Crippen LogP contribution in [0.4, 0.5) is 0 Å². The largest absolute Gasteiger partial charge is 0.465 e. The molecule has 1 fully saturated rings. The number of esters is 1. The van der Waals surface area contributed by atoms with E-state index in [1.807, 2.05) is 6.92 Å². The molecule has 0 aromatic carbocycles. The molecule has 1 aliphatic heterocycles. The number of hydrogen-bond donors (Lipinski definition) is 1. The fourth-order valence-corrected chi connectivity index (χ4v) is 2.62. The Morgan fingerprint density at radius 1 is 1.45 bits per heavy atom. The molecule has 1 rings (SSSR count). The highest BCUT2D eigenvalue weighted by molar-refractivity contribution is 5.81. The second-order valence-corrected chi connectivity index (χ2v) is 4.97. The Bertz CT molecular complexity index is 357. The standard InChI is InChI=1S/C13H25N5O2/c1-3-18-10-5-6-13(7-11-18,12(19)20-4-2)15-8-9-16-17-14/h15H,3-11H2,1-2H3. The second-order valence-electron chi connectivity index (χ2n) is 4.97. The first-order chi connectivity index (χ1) is 9.68. The number of azide groups is 1. The maximum Gasteiger partial charge on any atom is 0.326 e. The van der Waals surface area contributed by atoms with Crippen LogP contribution in [0.1, 0.15) is 33.1 Å². The molecule has 0 aromatic heterocycles. The summed E-state index contributed by atoms with van der Waals surface area (Å²) in [4.78, 5) is 17.4. The van der Waals surface area contributed by atoms with Gasteiger partial charge in [-0.25, -0.2) is 0 Å². The Balaban J connectivity index is 2.72. The third kappa shape index (κ3) is 4.67. The number of nitrogens with zero attached hydrogens (tertiary/aromatic N) is 4. The smallest absolute Gasteiger partial charge is 0.326 e. The van der Waals surface area contributed by atoms with E-state index in [0.29, 0.717) is 19.7 Å². The average Bonchev–Trinajstić information content (AvgIpc) is 2.67. The average molecular weight is 283 g/mol. The summed E-state index contributed by atoms with van der Waals surface area (Å²) in [5.41, 5.74) is 7.67. The molecule has 0 aromatic rings. The van der Waals surface area contributed by atoms with Gasteiger partial charge in [0.05, 0.1) is 6.61 Å². The van der Waals surface area contributed by atoms with Gasteiger partial charge in [-0.05, 0) is 44.8 Å². The van der Waals surface area contributed by atoms with Crippen molar-refractivity contribution in [3.8, 4) is 0 Å². The first-order valence-corrected chi connectivity index (χ1v) is 7.34. The third-order valence-electron chi connectivity index (χ3n) is 3.78. The van der Waals surface area contributed by atoms with Gasteiger partial charge >= 0.3 is 5.97 Å². The minimum Gasteiger partial charge on any atom is -0.465 e. The normalized spacial score (nSPS) is 23.7. The lowest BCUT2D eigenvalue weighted by Crippen LogP contribution is -2.54. The first kappa shape index (κ1) is 16.8. The molecule has 0 bridgehead atoms. The lowest BCUT2D eigenvalue weighted by atomic mass is 9.90. The van der Waals surface area contributed by atoms with E-state index in [2.05, 4.69) is 27.2 Å². The molecule has 1 aliphatic rings. The fourth-order valence-electron chi connectivity index (χ4n) is 2.62. The number of hydrogen-bond acceptors (Lipinski definition) is 5. The predicted octanol–water partition coefficient (Wildman–Crippen LogP) is 1.69. The number of carbonyl (C=O) groups excluding carboxylic acids is 1. The molecule has 1 atom stereocenters. The van der Waals surface area contributed by atoms with Crippen LogP contribution in [0.15, 0.2) is 5.11 Å². The summed E-state index contributed by atoms with van der Waals surface area (Å²) < 4.78 is 5.24. The van der Waals surface area contributed by atoms with E-state index < -0.39 is 5.54 Å². The predicted molar refractivity (Wildman–Crippen MR) is 77.3 cm³/mol. The van der Waals surface area contributed by atoms with Crippen molar-refractivity contribution in [2.24, 2.45) is 5.11 Å². The monoisotopic (exact) mass is 283 g/mol. The summed E-state index contributed by atoms with van der Waals surface area (Å²) >= 11 is 0. The maximum absolute atomic E-state index is 12.3. The van der Waals surface area contributed by atoms with Crippen LogP contribution >= 0.6 is 0 Å². The van der Waals surface area contributed by atoms with E-state index in [4.69, 9.17) is 10.3 Å². The highest BCUT2D eigenvalue weighted by Crippen LogP contribution is 2.24. The van der Waals surface area contributed by atoms with Gasteiger partial charge in [0.2, 0.25) is 0 Å². The number of nitrogens with one attached hydrogen (secondary N) is 1. The van der Waals surface area contributed by atoms with E-state index in [0.717, 1.165) is 38.9 Å². The van der Waals surface area contributed by atoms with Gasteiger partial charge in [0.25, 0.3) is 0 Å². The summed E-state index contributed by atoms with van der Waals surface area (Å²) in [7, 11) is 0. The topological polar surface area (TPSA) is 90.3 Å². The van der Waals surface area contributed by atoms with Crippen LogP contribution in [0.25, 0.3) is 10.4 Å². The SMILES string of the molecule is CCOC(=O)C1(NCCN=[N+]=[N-])CCCN(CC)CC1. The highest BCUT2D eigenvalue weighted by atomic mass is 16.5. The fraction of sp³-hybridized carbons (Fsp3) is 0.923. The molecule has 7 nitrogen and oxygen atoms in total. The van der Waals surface area contributed by atoms with Crippen molar-refractivity contribution in [2.45, 2.75) is 38.6 Å². The summed E-state index contributed by atoms with van der Waals surface area (Å²) in [5.74, 6) is -0.182. The lowest BCUT2D eigenvalue weighted by Gasteiger charge is -2.31. The van der Waals surface area contributed by atoms with Crippen molar-refractivity contribution in [2.75, 3.05) is 39.3 Å². The molecule has 7 heteroatoms. The van der Waals surface area contributed by atoms with Gasteiger partial charge in [0, 0.05) is 24.5 Å². The molecule has 20 heavy (non-hydrogen) atoms. The maximum atomic E-state index is 12.3. The number of rotatable bonds is 7. The summed E-state index contributed by atoms with van der Waals surface area (Å²) in [6.45, 7) is 8.06. The van der Waals surface area contributed by atoms with Gasteiger partial charge in [-0.1, -0.05) is 12.0 Å². The molecule has 1 saturated heterocycles. The molecular formula is C13H25N5O2. The van der Waals surface area contributed by atoms with Gasteiger partial charge in [-0.2, -0.15) is 0 Å². The van der Waals surface area contributed by atoms with Gasteiger partial charge in [0.15, 0.2) is 0 Å². The van der Waals surface area contributed by atoms with Crippen LogP contribution in [0, 0.1) is 0 Å². The van der Waals surface area contributed by atoms with Crippen LogP contribution in [-0.2, 0) is 9.53 Å². The number of carbonyl (C=O) groups is 1. The zero-order valence-electron chi connectivity index (χ0n) is 12.5. The van der Waals surface area contributed by atoms with E-state index >= 15 is 0 Å². The molecule has 1 heterocycles. The minimum atomic E-state index is -0.634. The highest BCUT2D eigenvalue weighted by Gasteiger charge is 2.40. The quantitative estimate of drug-likeness (QED) is 0.253. The van der Waals surface area contributed by atoms with E-state index in [9.17, 15) is 4.79 Å². The summed E-state index contributed by atoms with van der Waals surface area (Å²) in [6.07, 6.45) is 2.45. The van der Waals surface area contributed by atoms with Crippen molar-refractivity contribution >= 4 is 5.97 Å². The molecule has 0 spiro atoms. The molecule has 0 amide bonds. The van der Waals surface area contributed by atoms with Gasteiger partial charge < -0.3 is 15.0 Å². The van der Waals surface area contributed by atoms with Crippen molar-refractivity contribution in [1.29, 1.82) is 0 Å². The molecule has 0 radical (unpaired) electrons. The van der Waals surface area contributed by atoms with Crippen LogP contribution in [-0.4, -0.2) is 55.7 Å². The van der Waals surface area contributed by atoms with Crippen molar-refractivity contribution in [3.63, 3.8) is 0 Å². The van der Waals surface area contributed by atoms with Crippen LogP contribution < -0.4 is 5.32 Å². The Labute approximate surface area is 120 Å². The second kappa shape index (κ2) is 8.79. The number of ether oxygens (including phenoxy) is 1. The van der Waals surface area contributed by atoms with Crippen molar-refractivity contribution in [1.82, 2.24) is 10.2 Å². The lowest BCUT2D eigenvalue weighted by molar-refractivity contribution is -0.151. The zero-order valence-corrected chi connectivity index (χ0v) is 12.5. The summed E-state index contributed by atoms with van der Waals surface area (Å²) in [6, 6.07) is 0. The third-order valence-corrected chi connectivity index (χ3v) is 3.78. The van der Waals surface area contributed by atoms with Crippen LogP contribution in [0.2, 0.25) is 0 Å². The van der Waals surface area contributed by atoms with E-state index in [1.54, 1.807) is 0 Å². The summed E-state index contributed by atoms with van der Waals surface area (Å²) in [5, 5.41) is 6.78. The van der Waals surface area contributed by atoms with Gasteiger partial charge in [-0.15, -0.1) is 0 Å². The Morgan fingerprint density at radius 3 is 2.90 bits per heavy atom. The van der Waals surface area contributed by atoms with Gasteiger partial charge in [0.1, 0.15) is 5.54 Å². The molecule has 114 valence electrons. The van der Waals surface area contributed by atoms with Crippen LogP contribution in [0.5, 0.6) is 0 Å². The minimum absolute atomic E-state index is 0.182. The number of likely N-dealkylation sites (tertiary alicyclic amines) is 1. The Morgan fingerprint density at radius 2 is 2.25 bits per heavy atom. The Hall–Kier alpha value is -1.30. The molecule has 0 saturated carbocycles.